The van der Waals surface area contributed by atoms with Gasteiger partial charge in [0.15, 0.2) is 5.69 Å². The zero-order valence-electron chi connectivity index (χ0n) is 13.7. The molecule has 2 aliphatic rings. The SMILES string of the molecule is O=C(NC1CCOCC1)c1nn(-c2ccc(Cl)cc2Cl)c2c1CCC2. The summed E-state index contributed by atoms with van der Waals surface area (Å²) < 4.78 is 7.15. The van der Waals surface area contributed by atoms with Gasteiger partial charge in [0.2, 0.25) is 0 Å². The van der Waals surface area contributed by atoms with Crippen molar-refractivity contribution in [2.75, 3.05) is 13.2 Å². The molecule has 0 saturated carbocycles. The molecule has 4 rings (SSSR count). The molecule has 1 N–H and O–H groups in total. The number of rotatable bonds is 3. The van der Waals surface area contributed by atoms with Crippen LogP contribution in [0, 0.1) is 0 Å². The molecule has 132 valence electrons. The Bertz CT molecular complexity index is 813. The van der Waals surface area contributed by atoms with Crippen LogP contribution in [0.5, 0.6) is 0 Å². The van der Waals surface area contributed by atoms with Gasteiger partial charge in [-0.2, -0.15) is 5.10 Å². The molecule has 25 heavy (non-hydrogen) atoms. The number of fused-ring (bicyclic) bond motifs is 1. The molecule has 2 aromatic rings. The second-order valence-electron chi connectivity index (χ2n) is 6.50. The van der Waals surface area contributed by atoms with Crippen molar-refractivity contribution >= 4 is 29.1 Å². The van der Waals surface area contributed by atoms with Crippen molar-refractivity contribution in [1.82, 2.24) is 15.1 Å². The second-order valence-corrected chi connectivity index (χ2v) is 7.34. The third-order valence-corrected chi connectivity index (χ3v) is 5.38. The molecule has 1 fully saturated rings. The minimum atomic E-state index is -0.103. The van der Waals surface area contributed by atoms with Gasteiger partial charge in [0.05, 0.1) is 10.7 Å². The van der Waals surface area contributed by atoms with Gasteiger partial charge >= 0.3 is 0 Å². The molecule has 5 nitrogen and oxygen atoms in total. The standard InChI is InChI=1S/C18H19Cl2N3O2/c19-11-4-5-16(14(20)10-11)23-15-3-1-2-13(15)17(22-23)18(24)21-12-6-8-25-9-7-12/h4-5,10,12H,1-3,6-9H2,(H,21,24). The first-order valence-electron chi connectivity index (χ1n) is 8.58. The van der Waals surface area contributed by atoms with Crippen LogP contribution in [0.4, 0.5) is 0 Å². The minimum absolute atomic E-state index is 0.103. The summed E-state index contributed by atoms with van der Waals surface area (Å²) in [6, 6.07) is 5.48. The van der Waals surface area contributed by atoms with Crippen molar-refractivity contribution in [2.45, 2.75) is 38.1 Å². The first-order chi connectivity index (χ1) is 12.1. The van der Waals surface area contributed by atoms with E-state index >= 15 is 0 Å². The summed E-state index contributed by atoms with van der Waals surface area (Å²) in [5.74, 6) is -0.103. The Morgan fingerprint density at radius 1 is 1.24 bits per heavy atom. The lowest BCUT2D eigenvalue weighted by atomic mass is 10.1. The summed E-state index contributed by atoms with van der Waals surface area (Å²) in [5, 5.41) is 8.82. The monoisotopic (exact) mass is 379 g/mol. The van der Waals surface area contributed by atoms with E-state index in [0.717, 1.165) is 49.0 Å². The van der Waals surface area contributed by atoms with Crippen LogP contribution in [0.15, 0.2) is 18.2 Å². The van der Waals surface area contributed by atoms with E-state index in [9.17, 15) is 4.79 Å². The Morgan fingerprint density at radius 3 is 2.80 bits per heavy atom. The average Bonchev–Trinajstić information content (AvgIpc) is 3.18. The van der Waals surface area contributed by atoms with E-state index in [0.29, 0.717) is 29.0 Å². The lowest BCUT2D eigenvalue weighted by Gasteiger charge is -2.22. The van der Waals surface area contributed by atoms with Crippen LogP contribution in [-0.4, -0.2) is 34.9 Å². The molecule has 1 aromatic carbocycles. The van der Waals surface area contributed by atoms with Crippen LogP contribution in [0.1, 0.15) is 41.0 Å². The summed E-state index contributed by atoms with van der Waals surface area (Å²) in [4.78, 5) is 12.8. The fourth-order valence-corrected chi connectivity index (χ4v) is 4.06. The first-order valence-corrected chi connectivity index (χ1v) is 9.34. The number of hydrogen-bond donors (Lipinski definition) is 1. The maximum Gasteiger partial charge on any atom is 0.272 e. The Hall–Kier alpha value is -1.56. The Balaban J connectivity index is 1.66. The van der Waals surface area contributed by atoms with Crippen LogP contribution in [-0.2, 0) is 17.6 Å². The molecule has 1 aliphatic heterocycles. The number of ether oxygens (including phenoxy) is 1. The molecule has 1 aliphatic carbocycles. The number of aromatic nitrogens is 2. The highest BCUT2D eigenvalue weighted by Crippen LogP contribution is 2.31. The van der Waals surface area contributed by atoms with E-state index in [-0.39, 0.29) is 11.9 Å². The van der Waals surface area contributed by atoms with E-state index in [2.05, 4.69) is 10.4 Å². The molecular formula is C18H19Cl2N3O2. The van der Waals surface area contributed by atoms with E-state index in [4.69, 9.17) is 27.9 Å². The highest BCUT2D eigenvalue weighted by atomic mass is 35.5. The molecule has 0 bridgehead atoms. The van der Waals surface area contributed by atoms with Crippen LogP contribution in [0.2, 0.25) is 10.0 Å². The van der Waals surface area contributed by atoms with E-state index < -0.39 is 0 Å². The lowest BCUT2D eigenvalue weighted by Crippen LogP contribution is -2.39. The molecule has 0 atom stereocenters. The largest absolute Gasteiger partial charge is 0.381 e. The van der Waals surface area contributed by atoms with Crippen LogP contribution < -0.4 is 5.32 Å². The zero-order chi connectivity index (χ0) is 17.4. The van der Waals surface area contributed by atoms with Gasteiger partial charge in [-0.1, -0.05) is 23.2 Å². The van der Waals surface area contributed by atoms with E-state index in [1.54, 1.807) is 16.8 Å². The van der Waals surface area contributed by atoms with Crippen molar-refractivity contribution < 1.29 is 9.53 Å². The number of nitrogens with one attached hydrogen (secondary N) is 1. The summed E-state index contributed by atoms with van der Waals surface area (Å²) in [6.07, 6.45) is 4.48. The fourth-order valence-electron chi connectivity index (χ4n) is 3.57. The first kappa shape index (κ1) is 16.9. The van der Waals surface area contributed by atoms with Gasteiger partial charge in [0.1, 0.15) is 0 Å². The zero-order valence-corrected chi connectivity index (χ0v) is 15.2. The third-order valence-electron chi connectivity index (χ3n) is 4.84. The number of nitrogens with zero attached hydrogens (tertiary/aromatic N) is 2. The Kier molecular flexibility index (Phi) is 4.71. The summed E-state index contributed by atoms with van der Waals surface area (Å²) in [5.41, 5.74) is 3.39. The van der Waals surface area contributed by atoms with Crippen molar-refractivity contribution in [2.24, 2.45) is 0 Å². The highest BCUT2D eigenvalue weighted by molar-refractivity contribution is 6.35. The molecule has 1 amide bonds. The fraction of sp³-hybridized carbons (Fsp3) is 0.444. The summed E-state index contributed by atoms with van der Waals surface area (Å²) >= 11 is 12.3. The second kappa shape index (κ2) is 6.98. The minimum Gasteiger partial charge on any atom is -0.381 e. The number of amides is 1. The van der Waals surface area contributed by atoms with Gasteiger partial charge < -0.3 is 10.1 Å². The summed E-state index contributed by atoms with van der Waals surface area (Å²) in [7, 11) is 0. The summed E-state index contributed by atoms with van der Waals surface area (Å²) in [6.45, 7) is 1.38. The third kappa shape index (κ3) is 3.28. The molecule has 0 spiro atoms. The number of carbonyl (C=O) groups is 1. The molecule has 1 aromatic heterocycles. The Morgan fingerprint density at radius 2 is 2.04 bits per heavy atom. The van der Waals surface area contributed by atoms with Gasteiger partial charge in [0.25, 0.3) is 5.91 Å². The predicted molar refractivity (Wildman–Crippen MR) is 96.9 cm³/mol. The molecule has 0 unspecified atom stereocenters. The van der Waals surface area contributed by atoms with E-state index in [1.807, 2.05) is 6.07 Å². The predicted octanol–water partition coefficient (Wildman–Crippen LogP) is 3.58. The van der Waals surface area contributed by atoms with E-state index in [1.165, 1.54) is 0 Å². The van der Waals surface area contributed by atoms with Gasteiger partial charge in [-0.25, -0.2) is 4.68 Å². The van der Waals surface area contributed by atoms with Crippen molar-refractivity contribution in [3.05, 3.63) is 45.2 Å². The molecular weight excluding hydrogens is 361 g/mol. The van der Waals surface area contributed by atoms with Crippen LogP contribution in [0.3, 0.4) is 0 Å². The average molecular weight is 380 g/mol. The van der Waals surface area contributed by atoms with Crippen molar-refractivity contribution in [1.29, 1.82) is 0 Å². The lowest BCUT2D eigenvalue weighted by molar-refractivity contribution is 0.0693. The van der Waals surface area contributed by atoms with Gasteiger partial charge in [-0.05, 0) is 50.3 Å². The smallest absolute Gasteiger partial charge is 0.272 e. The normalized spacial score (nSPS) is 17.5. The molecule has 2 heterocycles. The van der Waals surface area contributed by atoms with Crippen LogP contribution >= 0.6 is 23.2 Å². The van der Waals surface area contributed by atoms with Crippen LogP contribution in [0.25, 0.3) is 5.69 Å². The van der Waals surface area contributed by atoms with Crippen molar-refractivity contribution in [3.63, 3.8) is 0 Å². The van der Waals surface area contributed by atoms with Gasteiger partial charge in [-0.15, -0.1) is 0 Å². The maximum atomic E-state index is 12.8. The quantitative estimate of drug-likeness (QED) is 0.886. The van der Waals surface area contributed by atoms with Gasteiger partial charge in [0, 0.05) is 35.5 Å². The number of benzene rings is 1. The van der Waals surface area contributed by atoms with Crippen molar-refractivity contribution in [3.8, 4) is 5.69 Å². The number of hydrogen-bond acceptors (Lipinski definition) is 3. The highest BCUT2D eigenvalue weighted by Gasteiger charge is 2.29. The molecule has 7 heteroatoms. The molecule has 0 radical (unpaired) electrons. The maximum absolute atomic E-state index is 12.8. The van der Waals surface area contributed by atoms with Gasteiger partial charge in [-0.3, -0.25) is 4.79 Å². The number of carbonyl (C=O) groups excluding carboxylic acids is 1. The number of halogens is 2. The Labute approximate surface area is 156 Å². The topological polar surface area (TPSA) is 56.1 Å². The molecule has 1 saturated heterocycles.